The molecule has 0 aliphatic carbocycles. The van der Waals surface area contributed by atoms with Gasteiger partial charge in [0.05, 0.1) is 34.4 Å². The Morgan fingerprint density at radius 2 is 0.862 bits per heavy atom. The average Bonchev–Trinajstić information content (AvgIpc) is 3.27. The highest BCUT2D eigenvalue weighted by atomic mass is 16.7. The van der Waals surface area contributed by atoms with Crippen molar-refractivity contribution in [3.63, 3.8) is 0 Å². The first-order chi connectivity index (χ1) is 31.6. The zero-order valence-electron chi connectivity index (χ0n) is 41.1. The van der Waals surface area contributed by atoms with Crippen molar-refractivity contribution in [1.82, 2.24) is 0 Å². The molecule has 0 spiro atoms. The number of nitrogens with zero attached hydrogens (tertiary/aromatic N) is 1. The van der Waals surface area contributed by atoms with Crippen molar-refractivity contribution < 1.29 is 42.9 Å². The number of aliphatic carboxylic acids is 1. The summed E-state index contributed by atoms with van der Waals surface area (Å²) in [7, 11) is 5.91. The van der Waals surface area contributed by atoms with E-state index in [9.17, 15) is 19.5 Å². The van der Waals surface area contributed by atoms with E-state index in [1.807, 2.05) is 33.3 Å². The fourth-order valence-electron chi connectivity index (χ4n) is 5.71. The minimum absolute atomic E-state index is 0.121. The van der Waals surface area contributed by atoms with Gasteiger partial charge in [-0.15, -0.1) is 0 Å². The minimum Gasteiger partial charge on any atom is -0.477 e. The van der Waals surface area contributed by atoms with Gasteiger partial charge in [0.15, 0.2) is 6.10 Å². The summed E-state index contributed by atoms with van der Waals surface area (Å²) >= 11 is 0. The first-order valence-corrected chi connectivity index (χ1v) is 24.3. The van der Waals surface area contributed by atoms with E-state index in [-0.39, 0.29) is 32.7 Å². The number of carbonyl (C=O) groups is 3. The average molecular weight is 903 g/mol. The van der Waals surface area contributed by atoms with Gasteiger partial charge in [-0.2, -0.15) is 0 Å². The molecule has 65 heavy (non-hydrogen) atoms. The van der Waals surface area contributed by atoms with Crippen molar-refractivity contribution in [2.45, 2.75) is 155 Å². The number of carbonyl (C=O) groups excluding carboxylic acids is 2. The number of ether oxygens (including phenoxy) is 4. The number of unbranched alkanes of at least 4 members (excludes halogenated alkanes) is 5. The molecule has 0 aliphatic rings. The lowest BCUT2D eigenvalue weighted by Crippen LogP contribution is -2.40. The van der Waals surface area contributed by atoms with Gasteiger partial charge < -0.3 is 28.5 Å². The second-order valence-corrected chi connectivity index (χ2v) is 16.7. The number of likely N-dealkylation sites (N-methyl/N-ethyl adjacent to an activating group) is 1. The predicted molar refractivity (Wildman–Crippen MR) is 271 cm³/mol. The van der Waals surface area contributed by atoms with Gasteiger partial charge in [-0.25, -0.2) is 4.79 Å². The highest BCUT2D eigenvalue weighted by Gasteiger charge is 2.25. The third-order valence-corrected chi connectivity index (χ3v) is 9.42. The molecule has 2 atom stereocenters. The normalized spacial score (nSPS) is 14.0. The van der Waals surface area contributed by atoms with E-state index in [1.54, 1.807) is 0 Å². The van der Waals surface area contributed by atoms with E-state index in [1.165, 1.54) is 0 Å². The lowest BCUT2D eigenvalue weighted by Gasteiger charge is -2.25. The molecule has 0 bridgehead atoms. The molecule has 0 saturated carbocycles. The SMILES string of the molecule is CC/C=C\C/C=C\C/C=C\C/C=C\C/C=C\C/C=C\CCC(=O)OC(COC(=O)CCCCCCC/C=C\C/C=C\C/C=C\C/C=C\C/C=C\CC)COC(OCC[N+](C)(C)C)C(=O)O. The Morgan fingerprint density at radius 1 is 0.462 bits per heavy atom. The summed E-state index contributed by atoms with van der Waals surface area (Å²) in [6.45, 7) is 4.49. The van der Waals surface area contributed by atoms with Gasteiger partial charge in [-0.1, -0.05) is 167 Å². The second kappa shape index (κ2) is 46.0. The maximum Gasteiger partial charge on any atom is 0.361 e. The highest BCUT2D eigenvalue weighted by Crippen LogP contribution is 2.11. The summed E-state index contributed by atoms with van der Waals surface area (Å²) in [5.74, 6) is -2.17. The number of quaternary nitrogens is 1. The molecule has 1 N–H and O–H groups in total. The molecule has 0 fully saturated rings. The van der Waals surface area contributed by atoms with Gasteiger partial charge in [0.25, 0.3) is 6.29 Å². The van der Waals surface area contributed by atoms with Crippen LogP contribution in [0.25, 0.3) is 0 Å². The Morgan fingerprint density at radius 3 is 1.29 bits per heavy atom. The maximum absolute atomic E-state index is 12.8. The van der Waals surface area contributed by atoms with Crippen LogP contribution in [-0.4, -0.2) is 87.4 Å². The molecule has 2 unspecified atom stereocenters. The number of carboxylic acid groups (broad SMARTS) is 1. The molecule has 0 aromatic carbocycles. The lowest BCUT2D eigenvalue weighted by atomic mass is 10.1. The number of hydrogen-bond acceptors (Lipinski definition) is 7. The molecule has 0 saturated heterocycles. The molecule has 364 valence electrons. The summed E-state index contributed by atoms with van der Waals surface area (Å²) < 4.78 is 22.6. The monoisotopic (exact) mass is 903 g/mol. The van der Waals surface area contributed by atoms with Crippen molar-refractivity contribution in [2.75, 3.05) is 47.5 Å². The summed E-state index contributed by atoms with van der Waals surface area (Å²) in [5.41, 5.74) is 0. The third-order valence-electron chi connectivity index (χ3n) is 9.42. The molecular formula is C56H88NO8+. The first kappa shape index (κ1) is 60.4. The van der Waals surface area contributed by atoms with Crippen molar-refractivity contribution in [1.29, 1.82) is 0 Å². The van der Waals surface area contributed by atoms with E-state index in [4.69, 9.17) is 18.9 Å². The molecule has 9 heteroatoms. The number of hydrogen-bond donors (Lipinski definition) is 1. The van der Waals surface area contributed by atoms with Crippen LogP contribution in [0.2, 0.25) is 0 Å². The van der Waals surface area contributed by atoms with E-state index in [0.717, 1.165) is 103 Å². The lowest BCUT2D eigenvalue weighted by molar-refractivity contribution is -0.870. The molecule has 9 nitrogen and oxygen atoms in total. The van der Waals surface area contributed by atoms with Gasteiger partial charge in [0.1, 0.15) is 13.2 Å². The van der Waals surface area contributed by atoms with Gasteiger partial charge in [0.2, 0.25) is 0 Å². The summed E-state index contributed by atoms with van der Waals surface area (Å²) in [5, 5.41) is 9.66. The quantitative estimate of drug-likeness (QED) is 0.0212. The summed E-state index contributed by atoms with van der Waals surface area (Å²) in [6, 6.07) is 0. The van der Waals surface area contributed by atoms with Crippen LogP contribution in [-0.2, 0) is 33.3 Å². The van der Waals surface area contributed by atoms with Gasteiger partial charge in [0, 0.05) is 12.8 Å². The Kier molecular flexibility index (Phi) is 42.7. The van der Waals surface area contributed by atoms with Crippen molar-refractivity contribution in [3.05, 3.63) is 134 Å². The van der Waals surface area contributed by atoms with E-state index in [2.05, 4.69) is 135 Å². The predicted octanol–water partition coefficient (Wildman–Crippen LogP) is 13.6. The van der Waals surface area contributed by atoms with Gasteiger partial charge in [-0.3, -0.25) is 9.59 Å². The Bertz CT molecular complexity index is 1520. The number of carboxylic acids is 1. The van der Waals surface area contributed by atoms with E-state index < -0.39 is 30.3 Å². The van der Waals surface area contributed by atoms with Crippen LogP contribution in [0.5, 0.6) is 0 Å². The first-order valence-electron chi connectivity index (χ1n) is 24.3. The molecular weight excluding hydrogens is 815 g/mol. The Hall–Kier alpha value is -4.57. The Labute approximate surface area is 395 Å². The van der Waals surface area contributed by atoms with Crippen LogP contribution in [0.15, 0.2) is 134 Å². The molecule has 0 amide bonds. The molecule has 0 aliphatic heterocycles. The van der Waals surface area contributed by atoms with Crippen molar-refractivity contribution >= 4 is 17.9 Å². The van der Waals surface area contributed by atoms with Crippen LogP contribution in [0.4, 0.5) is 0 Å². The number of esters is 2. The zero-order chi connectivity index (χ0) is 47.7. The summed E-state index contributed by atoms with van der Waals surface area (Å²) in [6.07, 6.45) is 62.4. The van der Waals surface area contributed by atoms with Crippen LogP contribution in [0, 0.1) is 0 Å². The number of allylic oxidation sites excluding steroid dienone is 22. The fourth-order valence-corrected chi connectivity index (χ4v) is 5.71. The molecule has 0 aromatic heterocycles. The molecule has 0 heterocycles. The van der Waals surface area contributed by atoms with Gasteiger partial charge in [-0.05, 0) is 96.3 Å². The topological polar surface area (TPSA) is 108 Å². The molecule has 0 aromatic rings. The molecule has 0 rings (SSSR count). The van der Waals surface area contributed by atoms with Crippen LogP contribution >= 0.6 is 0 Å². The van der Waals surface area contributed by atoms with E-state index >= 15 is 0 Å². The van der Waals surface area contributed by atoms with Crippen molar-refractivity contribution in [3.8, 4) is 0 Å². The fraction of sp³-hybridized carbons (Fsp3) is 0.554. The second-order valence-electron chi connectivity index (χ2n) is 16.7. The standard InChI is InChI=1S/C56H87NO8/c1-6-8-10-12-14-16-18-20-22-24-26-27-29-30-32-34-36-38-40-42-44-46-53(58)63-50-52(51-64-56(55(60)61)62-49-48-57(3,4)5)65-54(59)47-45-43-41-39-37-35-33-31-28-25-23-21-19-17-15-13-11-9-7-2/h8-11,14-17,20-23,26-28,30-32,35,37,41,43,52,56H,6-7,12-13,18-19,24-25,29,33-34,36,38-40,42,44-51H2,1-5H3/p+1/b10-8-,11-9-,16-14-,17-15-,22-20-,23-21-,27-26-,31-28-,32-30-,37-35-,43-41-. The highest BCUT2D eigenvalue weighted by molar-refractivity contribution is 5.71. The van der Waals surface area contributed by atoms with Crippen LogP contribution in [0.3, 0.4) is 0 Å². The zero-order valence-corrected chi connectivity index (χ0v) is 41.1. The third kappa shape index (κ3) is 47.2. The Balaban J connectivity index is 4.57. The summed E-state index contributed by atoms with van der Waals surface area (Å²) in [4.78, 5) is 37.2. The van der Waals surface area contributed by atoms with Crippen molar-refractivity contribution in [2.24, 2.45) is 0 Å². The van der Waals surface area contributed by atoms with Crippen LogP contribution in [0.1, 0.15) is 142 Å². The van der Waals surface area contributed by atoms with Gasteiger partial charge >= 0.3 is 17.9 Å². The van der Waals surface area contributed by atoms with E-state index in [0.29, 0.717) is 23.9 Å². The minimum atomic E-state index is -1.54. The number of rotatable bonds is 42. The van der Waals surface area contributed by atoms with Crippen LogP contribution < -0.4 is 0 Å². The molecule has 0 radical (unpaired) electrons. The largest absolute Gasteiger partial charge is 0.477 e. The maximum atomic E-state index is 12.8. The smallest absolute Gasteiger partial charge is 0.361 e.